The normalized spacial score (nSPS) is 32.3. The van der Waals surface area contributed by atoms with Crippen LogP contribution in [0.4, 0.5) is 0 Å². The number of hydrogen-bond donors (Lipinski definition) is 1. The molecule has 1 rings (SSSR count). The molecule has 0 radical (unpaired) electrons. The van der Waals surface area contributed by atoms with Crippen LogP contribution < -0.4 is 5.32 Å². The Balaban J connectivity index is 2.56. The molecule has 0 aromatic carbocycles. The van der Waals surface area contributed by atoms with Crippen LogP contribution in [0.15, 0.2) is 0 Å². The van der Waals surface area contributed by atoms with Crippen LogP contribution in [0.5, 0.6) is 0 Å². The summed E-state index contributed by atoms with van der Waals surface area (Å²) in [5.41, 5.74) is 0.557. The van der Waals surface area contributed by atoms with Gasteiger partial charge in [0.2, 0.25) is 0 Å². The first-order chi connectivity index (χ1) is 7.89. The zero-order valence-electron chi connectivity index (χ0n) is 12.8. The van der Waals surface area contributed by atoms with Gasteiger partial charge in [0.25, 0.3) is 0 Å². The molecule has 1 aliphatic heterocycles. The minimum atomic E-state index is 0.557. The Bertz CT molecular complexity index is 224. The lowest BCUT2D eigenvalue weighted by atomic mass is 9.66. The second kappa shape index (κ2) is 6.22. The topological polar surface area (TPSA) is 12.0 Å². The predicted molar refractivity (Wildman–Crippen MR) is 77.2 cm³/mol. The van der Waals surface area contributed by atoms with Crippen LogP contribution in [0.25, 0.3) is 0 Å². The molecule has 1 nitrogen and oxygen atoms in total. The van der Waals surface area contributed by atoms with Gasteiger partial charge in [0.1, 0.15) is 0 Å². The molecule has 0 spiro atoms. The third-order valence-corrected chi connectivity index (χ3v) is 4.91. The Morgan fingerprint density at radius 1 is 1.29 bits per heavy atom. The molecule has 17 heavy (non-hydrogen) atoms. The average Bonchev–Trinajstić information content (AvgIpc) is 2.25. The van der Waals surface area contributed by atoms with E-state index in [-0.39, 0.29) is 0 Å². The van der Waals surface area contributed by atoms with Crippen LogP contribution in [0.1, 0.15) is 67.2 Å². The SMILES string of the molecule is CCCC(C)C(CC(C)C)CC1(C)CNC1C. The molecular weight excluding hydrogens is 206 g/mol. The lowest BCUT2D eigenvalue weighted by molar-refractivity contribution is 0.0611. The second-order valence-electron chi connectivity index (χ2n) is 7.12. The molecule has 1 N–H and O–H groups in total. The van der Waals surface area contributed by atoms with E-state index >= 15 is 0 Å². The summed E-state index contributed by atoms with van der Waals surface area (Å²) in [6.07, 6.45) is 5.56. The third-order valence-electron chi connectivity index (χ3n) is 4.91. The zero-order valence-corrected chi connectivity index (χ0v) is 12.8. The van der Waals surface area contributed by atoms with Crippen LogP contribution in [-0.4, -0.2) is 12.6 Å². The lowest BCUT2D eigenvalue weighted by Crippen LogP contribution is -2.60. The van der Waals surface area contributed by atoms with E-state index in [1.807, 2.05) is 0 Å². The quantitative estimate of drug-likeness (QED) is 0.691. The van der Waals surface area contributed by atoms with E-state index in [0.717, 1.165) is 17.8 Å². The van der Waals surface area contributed by atoms with Crippen molar-refractivity contribution in [2.24, 2.45) is 23.2 Å². The first-order valence-corrected chi connectivity index (χ1v) is 7.62. The van der Waals surface area contributed by atoms with Crippen molar-refractivity contribution in [3.05, 3.63) is 0 Å². The lowest BCUT2D eigenvalue weighted by Gasteiger charge is -2.49. The monoisotopic (exact) mass is 239 g/mol. The molecule has 0 saturated carbocycles. The Morgan fingerprint density at radius 2 is 1.94 bits per heavy atom. The summed E-state index contributed by atoms with van der Waals surface area (Å²) in [5.74, 6) is 2.66. The van der Waals surface area contributed by atoms with Crippen molar-refractivity contribution in [1.82, 2.24) is 5.32 Å². The average molecular weight is 239 g/mol. The molecule has 0 bridgehead atoms. The van der Waals surface area contributed by atoms with Gasteiger partial charge in [-0.25, -0.2) is 0 Å². The maximum absolute atomic E-state index is 3.53. The third kappa shape index (κ3) is 3.98. The van der Waals surface area contributed by atoms with Gasteiger partial charge >= 0.3 is 0 Å². The molecule has 0 amide bonds. The van der Waals surface area contributed by atoms with E-state index in [4.69, 9.17) is 0 Å². The minimum absolute atomic E-state index is 0.557. The molecule has 1 heterocycles. The van der Waals surface area contributed by atoms with E-state index in [0.29, 0.717) is 11.5 Å². The minimum Gasteiger partial charge on any atom is -0.313 e. The summed E-state index contributed by atoms with van der Waals surface area (Å²) in [6, 6.07) is 0.714. The van der Waals surface area contributed by atoms with Crippen molar-refractivity contribution >= 4 is 0 Å². The van der Waals surface area contributed by atoms with Crippen LogP contribution in [-0.2, 0) is 0 Å². The largest absolute Gasteiger partial charge is 0.313 e. The Morgan fingerprint density at radius 3 is 2.29 bits per heavy atom. The zero-order chi connectivity index (χ0) is 13.1. The van der Waals surface area contributed by atoms with E-state index in [1.165, 1.54) is 32.2 Å². The summed E-state index contributed by atoms with van der Waals surface area (Å²) >= 11 is 0. The van der Waals surface area contributed by atoms with Gasteiger partial charge in [-0.3, -0.25) is 0 Å². The van der Waals surface area contributed by atoms with Crippen molar-refractivity contribution in [1.29, 1.82) is 0 Å². The van der Waals surface area contributed by atoms with E-state index in [2.05, 4.69) is 46.9 Å². The Labute approximate surface area is 109 Å². The molecule has 4 atom stereocenters. The van der Waals surface area contributed by atoms with Gasteiger partial charge in [0.15, 0.2) is 0 Å². The van der Waals surface area contributed by atoms with Crippen LogP contribution >= 0.6 is 0 Å². The van der Waals surface area contributed by atoms with Crippen molar-refractivity contribution in [3.63, 3.8) is 0 Å². The first kappa shape index (κ1) is 15.0. The molecule has 1 heteroatoms. The fraction of sp³-hybridized carbons (Fsp3) is 1.00. The fourth-order valence-electron chi connectivity index (χ4n) is 3.32. The molecule has 0 aromatic rings. The first-order valence-electron chi connectivity index (χ1n) is 7.62. The van der Waals surface area contributed by atoms with Gasteiger partial charge in [0, 0.05) is 12.6 Å². The van der Waals surface area contributed by atoms with Gasteiger partial charge in [-0.2, -0.15) is 0 Å². The summed E-state index contributed by atoms with van der Waals surface area (Å²) in [4.78, 5) is 0. The van der Waals surface area contributed by atoms with Gasteiger partial charge in [-0.05, 0) is 42.9 Å². The summed E-state index contributed by atoms with van der Waals surface area (Å²) in [5, 5.41) is 3.53. The van der Waals surface area contributed by atoms with Gasteiger partial charge in [-0.15, -0.1) is 0 Å². The molecule has 1 fully saturated rings. The van der Waals surface area contributed by atoms with Crippen molar-refractivity contribution in [3.8, 4) is 0 Å². The van der Waals surface area contributed by atoms with E-state index < -0.39 is 0 Å². The molecular formula is C16H33N. The Hall–Kier alpha value is -0.0400. The highest BCUT2D eigenvalue weighted by atomic mass is 15.0. The molecule has 1 saturated heterocycles. The van der Waals surface area contributed by atoms with Crippen molar-refractivity contribution in [2.45, 2.75) is 73.3 Å². The molecule has 4 unspecified atom stereocenters. The van der Waals surface area contributed by atoms with Gasteiger partial charge in [0.05, 0.1) is 0 Å². The molecule has 0 aromatic heterocycles. The van der Waals surface area contributed by atoms with Crippen LogP contribution in [0.2, 0.25) is 0 Å². The highest BCUT2D eigenvalue weighted by Gasteiger charge is 2.41. The number of hydrogen-bond acceptors (Lipinski definition) is 1. The van der Waals surface area contributed by atoms with E-state index in [9.17, 15) is 0 Å². The van der Waals surface area contributed by atoms with Crippen molar-refractivity contribution in [2.75, 3.05) is 6.54 Å². The maximum Gasteiger partial charge on any atom is 0.0105 e. The summed E-state index contributed by atoms with van der Waals surface area (Å²) in [7, 11) is 0. The van der Waals surface area contributed by atoms with E-state index in [1.54, 1.807) is 0 Å². The molecule has 1 aliphatic rings. The highest BCUT2D eigenvalue weighted by Crippen LogP contribution is 2.40. The van der Waals surface area contributed by atoms with Gasteiger partial charge < -0.3 is 5.32 Å². The van der Waals surface area contributed by atoms with Crippen LogP contribution in [0.3, 0.4) is 0 Å². The number of rotatable bonds is 7. The smallest absolute Gasteiger partial charge is 0.0105 e. The molecule has 102 valence electrons. The molecule has 0 aliphatic carbocycles. The predicted octanol–water partition coefficient (Wildman–Crippen LogP) is 4.47. The van der Waals surface area contributed by atoms with Gasteiger partial charge in [-0.1, -0.05) is 47.5 Å². The summed E-state index contributed by atoms with van der Waals surface area (Å²) < 4.78 is 0. The summed E-state index contributed by atoms with van der Waals surface area (Å²) in [6.45, 7) is 15.6. The standard InChI is InChI=1S/C16H33N/c1-7-8-13(4)15(9-12(2)3)10-16(6)11-17-14(16)5/h12-15,17H,7-11H2,1-6H3. The number of nitrogens with one attached hydrogen (secondary N) is 1. The van der Waals surface area contributed by atoms with Crippen LogP contribution in [0, 0.1) is 23.2 Å². The van der Waals surface area contributed by atoms with Crippen molar-refractivity contribution < 1.29 is 0 Å². The Kier molecular flexibility index (Phi) is 5.50. The highest BCUT2D eigenvalue weighted by molar-refractivity contribution is 4.97. The fourth-order valence-corrected chi connectivity index (χ4v) is 3.32. The maximum atomic E-state index is 3.53. The second-order valence-corrected chi connectivity index (χ2v) is 7.12.